The number of rotatable bonds is 3. The van der Waals surface area contributed by atoms with E-state index in [0.29, 0.717) is 12.8 Å². The van der Waals surface area contributed by atoms with Gasteiger partial charge in [-0.15, -0.1) is 0 Å². The summed E-state index contributed by atoms with van der Waals surface area (Å²) in [4.78, 5) is 22.9. The largest absolute Gasteiger partial charge is 0.481 e. The molecule has 0 aromatic rings. The molecule has 1 heterocycles. The molecule has 0 aromatic carbocycles. The number of hydrogen-bond donors (Lipinski definition) is 3. The molecule has 0 aromatic heterocycles. The lowest BCUT2D eigenvalue weighted by molar-refractivity contribution is -0.142. The van der Waals surface area contributed by atoms with Crippen molar-refractivity contribution < 1.29 is 19.4 Å². The molecule has 0 spiro atoms. The smallest absolute Gasteiger partial charge is 0.311 e. The molecule has 6 heteroatoms. The molecule has 1 aliphatic carbocycles. The summed E-state index contributed by atoms with van der Waals surface area (Å²) in [5.74, 6) is -1.84. The Labute approximate surface area is 99.5 Å². The molecule has 2 aliphatic rings. The van der Waals surface area contributed by atoms with Gasteiger partial charge in [0.1, 0.15) is 5.92 Å². The maximum atomic E-state index is 12.0. The van der Waals surface area contributed by atoms with Crippen LogP contribution in [0.4, 0.5) is 0 Å². The first-order valence-corrected chi connectivity index (χ1v) is 5.93. The van der Waals surface area contributed by atoms with Gasteiger partial charge in [-0.05, 0) is 12.8 Å². The van der Waals surface area contributed by atoms with Crippen LogP contribution in [0.1, 0.15) is 25.7 Å². The highest BCUT2D eigenvalue weighted by molar-refractivity contribution is 5.87. The van der Waals surface area contributed by atoms with Crippen LogP contribution in [0.25, 0.3) is 0 Å². The first-order chi connectivity index (χ1) is 8.03. The fraction of sp³-hybridized carbons (Fsp3) is 0.818. The Morgan fingerprint density at radius 1 is 1.29 bits per heavy atom. The lowest BCUT2D eigenvalue weighted by Gasteiger charge is -2.25. The van der Waals surface area contributed by atoms with Crippen LogP contribution in [-0.4, -0.2) is 41.8 Å². The average Bonchev–Trinajstić information content (AvgIpc) is 2.87. The van der Waals surface area contributed by atoms with Gasteiger partial charge in [0.05, 0.1) is 24.8 Å². The summed E-state index contributed by atoms with van der Waals surface area (Å²) in [7, 11) is 0. The van der Waals surface area contributed by atoms with Crippen LogP contribution in [0.15, 0.2) is 0 Å². The summed E-state index contributed by atoms with van der Waals surface area (Å²) in [6.07, 6.45) is 3.25. The van der Waals surface area contributed by atoms with Crippen molar-refractivity contribution in [1.82, 2.24) is 5.32 Å². The lowest BCUT2D eigenvalue weighted by atomic mass is 9.96. The number of carbonyl (C=O) groups excluding carboxylic acids is 1. The van der Waals surface area contributed by atoms with E-state index in [0.717, 1.165) is 12.8 Å². The Kier molecular flexibility index (Phi) is 3.35. The van der Waals surface area contributed by atoms with Gasteiger partial charge in [0, 0.05) is 0 Å². The molecular formula is C11H18N2O4. The Balaban J connectivity index is 1.96. The zero-order valence-corrected chi connectivity index (χ0v) is 9.65. The minimum absolute atomic E-state index is 0.151. The SMILES string of the molecule is NC1(C(=O)NC2COCC2C(=O)O)CCCC1. The molecule has 2 rings (SSSR count). The molecule has 2 fully saturated rings. The zero-order valence-electron chi connectivity index (χ0n) is 9.65. The third kappa shape index (κ3) is 2.42. The highest BCUT2D eigenvalue weighted by atomic mass is 16.5. The van der Waals surface area contributed by atoms with Gasteiger partial charge in [0.25, 0.3) is 0 Å². The molecule has 6 nitrogen and oxygen atoms in total. The summed E-state index contributed by atoms with van der Waals surface area (Å²) in [5.41, 5.74) is 5.19. The van der Waals surface area contributed by atoms with Gasteiger partial charge in [0.2, 0.25) is 5.91 Å². The molecule has 0 radical (unpaired) electrons. The van der Waals surface area contributed by atoms with Crippen LogP contribution in [0.3, 0.4) is 0 Å². The van der Waals surface area contributed by atoms with E-state index in [9.17, 15) is 9.59 Å². The molecule has 0 bridgehead atoms. The second-order valence-electron chi connectivity index (χ2n) is 4.93. The number of amides is 1. The highest BCUT2D eigenvalue weighted by Gasteiger charge is 2.41. The van der Waals surface area contributed by atoms with Crippen molar-refractivity contribution in [1.29, 1.82) is 0 Å². The van der Waals surface area contributed by atoms with Gasteiger partial charge in [0.15, 0.2) is 0 Å². The number of hydrogen-bond acceptors (Lipinski definition) is 4. The summed E-state index contributed by atoms with van der Waals surface area (Å²) in [5, 5.41) is 11.7. The predicted molar refractivity (Wildman–Crippen MR) is 59.3 cm³/mol. The first-order valence-electron chi connectivity index (χ1n) is 5.93. The minimum Gasteiger partial charge on any atom is -0.481 e. The van der Waals surface area contributed by atoms with Gasteiger partial charge in [-0.3, -0.25) is 9.59 Å². The van der Waals surface area contributed by atoms with Crippen molar-refractivity contribution in [3.8, 4) is 0 Å². The second-order valence-corrected chi connectivity index (χ2v) is 4.93. The molecule has 17 heavy (non-hydrogen) atoms. The van der Waals surface area contributed by atoms with E-state index in [1.807, 2.05) is 0 Å². The Bertz CT molecular complexity index is 325. The lowest BCUT2D eigenvalue weighted by Crippen LogP contribution is -2.56. The van der Waals surface area contributed by atoms with Crippen molar-refractivity contribution in [3.63, 3.8) is 0 Å². The quantitative estimate of drug-likeness (QED) is 0.617. The molecule has 96 valence electrons. The van der Waals surface area contributed by atoms with Crippen LogP contribution in [0, 0.1) is 5.92 Å². The number of aliphatic carboxylic acids is 1. The van der Waals surface area contributed by atoms with E-state index >= 15 is 0 Å². The number of carbonyl (C=O) groups is 2. The van der Waals surface area contributed by atoms with E-state index in [2.05, 4.69) is 5.32 Å². The van der Waals surface area contributed by atoms with Crippen LogP contribution in [0.2, 0.25) is 0 Å². The molecule has 1 aliphatic heterocycles. The van der Waals surface area contributed by atoms with Crippen LogP contribution < -0.4 is 11.1 Å². The Hall–Kier alpha value is -1.14. The maximum absolute atomic E-state index is 12.0. The number of ether oxygens (including phenoxy) is 1. The first kappa shape index (κ1) is 12.3. The summed E-state index contributed by atoms with van der Waals surface area (Å²) >= 11 is 0. The second kappa shape index (κ2) is 4.62. The van der Waals surface area contributed by atoms with E-state index in [4.69, 9.17) is 15.6 Å². The standard InChI is InChI=1S/C11H18N2O4/c12-11(3-1-2-4-11)10(16)13-8-6-17-5-7(8)9(14)15/h7-8H,1-6,12H2,(H,13,16)(H,14,15). The number of carboxylic acids is 1. The van der Waals surface area contributed by atoms with Crippen molar-refractivity contribution in [2.24, 2.45) is 11.7 Å². The van der Waals surface area contributed by atoms with E-state index < -0.39 is 23.5 Å². The molecule has 4 N–H and O–H groups in total. The van der Waals surface area contributed by atoms with Crippen molar-refractivity contribution in [2.45, 2.75) is 37.3 Å². The fourth-order valence-corrected chi connectivity index (χ4v) is 2.49. The average molecular weight is 242 g/mol. The molecule has 1 saturated heterocycles. The van der Waals surface area contributed by atoms with Gasteiger partial charge in [-0.2, -0.15) is 0 Å². The molecule has 1 amide bonds. The van der Waals surface area contributed by atoms with Crippen LogP contribution in [0.5, 0.6) is 0 Å². The van der Waals surface area contributed by atoms with Gasteiger partial charge < -0.3 is 20.9 Å². The molecule has 2 unspecified atom stereocenters. The Morgan fingerprint density at radius 2 is 1.94 bits per heavy atom. The maximum Gasteiger partial charge on any atom is 0.311 e. The predicted octanol–water partition coefficient (Wildman–Crippen LogP) is -0.526. The monoisotopic (exact) mass is 242 g/mol. The number of nitrogens with two attached hydrogens (primary N) is 1. The zero-order chi connectivity index (χ0) is 12.5. The van der Waals surface area contributed by atoms with Crippen molar-refractivity contribution >= 4 is 11.9 Å². The molecular weight excluding hydrogens is 224 g/mol. The summed E-state index contributed by atoms with van der Waals surface area (Å²) in [6.45, 7) is 0.399. The molecule has 1 saturated carbocycles. The van der Waals surface area contributed by atoms with E-state index in [1.54, 1.807) is 0 Å². The molecule has 2 atom stereocenters. The summed E-state index contributed by atoms with van der Waals surface area (Å²) < 4.78 is 5.09. The van der Waals surface area contributed by atoms with Gasteiger partial charge >= 0.3 is 5.97 Å². The van der Waals surface area contributed by atoms with Crippen LogP contribution in [-0.2, 0) is 14.3 Å². The van der Waals surface area contributed by atoms with Gasteiger partial charge in [-0.25, -0.2) is 0 Å². The third-order valence-corrected chi connectivity index (χ3v) is 3.66. The van der Waals surface area contributed by atoms with Crippen molar-refractivity contribution in [3.05, 3.63) is 0 Å². The third-order valence-electron chi connectivity index (χ3n) is 3.66. The Morgan fingerprint density at radius 3 is 2.53 bits per heavy atom. The van der Waals surface area contributed by atoms with Gasteiger partial charge in [-0.1, -0.05) is 12.8 Å². The number of carboxylic acid groups (broad SMARTS) is 1. The summed E-state index contributed by atoms with van der Waals surface area (Å²) in [6, 6.07) is -0.457. The normalized spacial score (nSPS) is 31.4. The van der Waals surface area contributed by atoms with Crippen LogP contribution >= 0.6 is 0 Å². The highest BCUT2D eigenvalue weighted by Crippen LogP contribution is 2.28. The topological polar surface area (TPSA) is 102 Å². The number of nitrogens with one attached hydrogen (secondary N) is 1. The fourth-order valence-electron chi connectivity index (χ4n) is 2.49. The van der Waals surface area contributed by atoms with Crippen molar-refractivity contribution in [2.75, 3.05) is 13.2 Å². The minimum atomic E-state index is -0.940. The van der Waals surface area contributed by atoms with E-state index in [1.165, 1.54) is 0 Å². The van der Waals surface area contributed by atoms with E-state index in [-0.39, 0.29) is 19.1 Å².